The first-order valence-corrected chi connectivity index (χ1v) is 11.7. The van der Waals surface area contributed by atoms with Crippen molar-refractivity contribution in [2.45, 2.75) is 39.2 Å². The third-order valence-corrected chi connectivity index (χ3v) is 6.02. The zero-order valence-corrected chi connectivity index (χ0v) is 19.8. The van der Waals surface area contributed by atoms with E-state index in [4.69, 9.17) is 9.72 Å². The second-order valence-corrected chi connectivity index (χ2v) is 8.69. The molecule has 1 aliphatic rings. The molecule has 0 aliphatic carbocycles. The summed E-state index contributed by atoms with van der Waals surface area (Å²) in [7, 11) is 0. The van der Waals surface area contributed by atoms with Gasteiger partial charge in [-0.05, 0) is 57.4 Å². The van der Waals surface area contributed by atoms with Gasteiger partial charge in [-0.25, -0.2) is 15.0 Å². The van der Waals surface area contributed by atoms with E-state index in [-0.39, 0.29) is 11.9 Å². The second kappa shape index (κ2) is 9.97. The fourth-order valence-corrected chi connectivity index (χ4v) is 4.22. The van der Waals surface area contributed by atoms with Crippen LogP contribution in [0.3, 0.4) is 0 Å². The van der Waals surface area contributed by atoms with Gasteiger partial charge < -0.3 is 9.64 Å². The minimum atomic E-state index is -0.223. The molecule has 1 unspecified atom stereocenters. The molecule has 35 heavy (non-hydrogen) atoms. The Morgan fingerprint density at radius 2 is 1.77 bits per heavy atom. The van der Waals surface area contributed by atoms with Crippen molar-refractivity contribution >= 4 is 5.91 Å². The van der Waals surface area contributed by atoms with Gasteiger partial charge in [0, 0.05) is 42.5 Å². The van der Waals surface area contributed by atoms with Gasteiger partial charge in [0.05, 0.1) is 17.3 Å². The standard InChI is InChI=1S/C27H26N6O2/c1-18-6-9-22(10-7-18)35-25-13-19(2)31-26(32-25)24-5-3-4-12-33(24)27(34)20-8-11-23(30-16-20)21-14-28-17-29-15-21/h6-11,13-17,24H,3-5,12H2,1-2H3. The van der Waals surface area contributed by atoms with Crippen molar-refractivity contribution in [1.29, 1.82) is 0 Å². The number of benzene rings is 1. The molecule has 1 atom stereocenters. The summed E-state index contributed by atoms with van der Waals surface area (Å²) in [5, 5.41) is 0. The number of carbonyl (C=O) groups is 1. The topological polar surface area (TPSA) is 94.0 Å². The highest BCUT2D eigenvalue weighted by Crippen LogP contribution is 2.32. The maximum atomic E-state index is 13.5. The van der Waals surface area contributed by atoms with Crippen LogP contribution in [0.5, 0.6) is 11.6 Å². The molecule has 4 aromatic rings. The van der Waals surface area contributed by atoms with Crippen LogP contribution in [-0.2, 0) is 0 Å². The van der Waals surface area contributed by atoms with Gasteiger partial charge >= 0.3 is 0 Å². The molecule has 1 aromatic carbocycles. The molecule has 8 nitrogen and oxygen atoms in total. The number of hydrogen-bond acceptors (Lipinski definition) is 7. The predicted molar refractivity (Wildman–Crippen MR) is 131 cm³/mol. The Hall–Kier alpha value is -4.20. The molecule has 5 rings (SSSR count). The summed E-state index contributed by atoms with van der Waals surface area (Å²) in [6.45, 7) is 4.59. The number of likely N-dealkylation sites (tertiary alicyclic amines) is 1. The molecule has 8 heteroatoms. The van der Waals surface area contributed by atoms with Gasteiger partial charge in [0.2, 0.25) is 5.88 Å². The quantitative estimate of drug-likeness (QED) is 0.404. The van der Waals surface area contributed by atoms with Crippen molar-refractivity contribution in [3.05, 3.63) is 90.0 Å². The number of hydrogen-bond donors (Lipinski definition) is 0. The van der Waals surface area contributed by atoms with Gasteiger partial charge in [0.25, 0.3) is 5.91 Å². The van der Waals surface area contributed by atoms with Crippen LogP contribution in [-0.4, -0.2) is 42.3 Å². The molecule has 0 radical (unpaired) electrons. The summed E-state index contributed by atoms with van der Waals surface area (Å²) < 4.78 is 6.01. The zero-order valence-electron chi connectivity index (χ0n) is 19.8. The number of rotatable bonds is 5. The summed E-state index contributed by atoms with van der Waals surface area (Å²) >= 11 is 0. The van der Waals surface area contributed by atoms with E-state index >= 15 is 0 Å². The van der Waals surface area contributed by atoms with Crippen LogP contribution in [0, 0.1) is 13.8 Å². The molecule has 3 aromatic heterocycles. The Morgan fingerprint density at radius 1 is 0.971 bits per heavy atom. The Bertz CT molecular complexity index is 1310. The number of amides is 1. The lowest BCUT2D eigenvalue weighted by Crippen LogP contribution is -2.39. The number of piperidine rings is 1. The van der Waals surface area contributed by atoms with E-state index in [1.165, 1.54) is 6.33 Å². The number of ether oxygens (including phenoxy) is 1. The minimum absolute atomic E-state index is 0.0795. The molecule has 176 valence electrons. The van der Waals surface area contributed by atoms with Crippen molar-refractivity contribution < 1.29 is 9.53 Å². The fourth-order valence-electron chi connectivity index (χ4n) is 4.22. The number of aryl methyl sites for hydroxylation is 2. The summed E-state index contributed by atoms with van der Waals surface area (Å²) in [6.07, 6.45) is 9.22. The molecule has 1 aliphatic heterocycles. The van der Waals surface area contributed by atoms with Crippen molar-refractivity contribution in [3.8, 4) is 22.9 Å². The van der Waals surface area contributed by atoms with Crippen molar-refractivity contribution in [1.82, 2.24) is 29.8 Å². The average Bonchev–Trinajstić information content (AvgIpc) is 2.90. The third kappa shape index (κ3) is 5.16. The van der Waals surface area contributed by atoms with Crippen LogP contribution in [0.1, 0.15) is 52.7 Å². The molecule has 0 saturated carbocycles. The first-order valence-electron chi connectivity index (χ1n) is 11.7. The summed E-state index contributed by atoms with van der Waals surface area (Å²) in [5.74, 6) is 1.71. The Labute approximate surface area is 204 Å². The van der Waals surface area contributed by atoms with E-state index in [0.29, 0.717) is 29.6 Å². The van der Waals surface area contributed by atoms with E-state index in [1.807, 2.05) is 55.1 Å². The van der Waals surface area contributed by atoms with Crippen LogP contribution in [0.15, 0.2) is 67.4 Å². The van der Waals surface area contributed by atoms with Crippen LogP contribution >= 0.6 is 0 Å². The Morgan fingerprint density at radius 3 is 2.51 bits per heavy atom. The van der Waals surface area contributed by atoms with Crippen molar-refractivity contribution in [2.75, 3.05) is 6.54 Å². The molecule has 0 bridgehead atoms. The highest BCUT2D eigenvalue weighted by molar-refractivity contribution is 5.94. The van der Waals surface area contributed by atoms with Gasteiger partial charge in [-0.2, -0.15) is 4.98 Å². The summed E-state index contributed by atoms with van der Waals surface area (Å²) in [5.41, 5.74) is 4.01. The zero-order chi connectivity index (χ0) is 24.2. The highest BCUT2D eigenvalue weighted by atomic mass is 16.5. The Kier molecular flexibility index (Phi) is 6.43. The van der Waals surface area contributed by atoms with Gasteiger partial charge in [0.1, 0.15) is 12.1 Å². The first-order chi connectivity index (χ1) is 17.1. The summed E-state index contributed by atoms with van der Waals surface area (Å²) in [4.78, 5) is 37.3. The van der Waals surface area contributed by atoms with Crippen molar-refractivity contribution in [2.24, 2.45) is 0 Å². The lowest BCUT2D eigenvalue weighted by atomic mass is 10.00. The number of aromatic nitrogens is 5. The van der Waals surface area contributed by atoms with Crippen LogP contribution in [0.25, 0.3) is 11.3 Å². The molecule has 1 saturated heterocycles. The molecular formula is C27H26N6O2. The van der Waals surface area contributed by atoms with Gasteiger partial charge in [0.15, 0.2) is 5.82 Å². The molecule has 1 amide bonds. The van der Waals surface area contributed by atoms with E-state index in [2.05, 4.69) is 19.9 Å². The molecular weight excluding hydrogens is 440 g/mol. The van der Waals surface area contributed by atoms with Crippen LogP contribution in [0.2, 0.25) is 0 Å². The van der Waals surface area contributed by atoms with E-state index in [9.17, 15) is 4.79 Å². The minimum Gasteiger partial charge on any atom is -0.439 e. The van der Waals surface area contributed by atoms with Gasteiger partial charge in [-0.15, -0.1) is 0 Å². The SMILES string of the molecule is Cc1ccc(Oc2cc(C)nc(C3CCCCN3C(=O)c3ccc(-c4cncnc4)nc3)n2)cc1. The second-order valence-electron chi connectivity index (χ2n) is 8.69. The lowest BCUT2D eigenvalue weighted by molar-refractivity contribution is 0.0598. The smallest absolute Gasteiger partial charge is 0.256 e. The number of pyridine rings is 1. The van der Waals surface area contributed by atoms with Crippen LogP contribution in [0.4, 0.5) is 0 Å². The van der Waals surface area contributed by atoms with E-state index in [1.54, 1.807) is 24.7 Å². The molecule has 0 spiro atoms. The number of nitrogens with zero attached hydrogens (tertiary/aromatic N) is 6. The number of carbonyl (C=O) groups excluding carboxylic acids is 1. The monoisotopic (exact) mass is 466 g/mol. The van der Waals surface area contributed by atoms with E-state index in [0.717, 1.165) is 41.8 Å². The lowest BCUT2D eigenvalue weighted by Gasteiger charge is -2.35. The molecule has 4 heterocycles. The molecule has 0 N–H and O–H groups in total. The first kappa shape index (κ1) is 22.6. The van der Waals surface area contributed by atoms with Gasteiger partial charge in [-0.3, -0.25) is 9.78 Å². The predicted octanol–water partition coefficient (Wildman–Crippen LogP) is 5.11. The third-order valence-electron chi connectivity index (χ3n) is 6.02. The Balaban J connectivity index is 1.39. The summed E-state index contributed by atoms with van der Waals surface area (Å²) in [6, 6.07) is 13.0. The van der Waals surface area contributed by atoms with E-state index < -0.39 is 0 Å². The highest BCUT2D eigenvalue weighted by Gasteiger charge is 2.31. The molecule has 1 fully saturated rings. The van der Waals surface area contributed by atoms with Crippen LogP contribution < -0.4 is 4.74 Å². The van der Waals surface area contributed by atoms with Crippen molar-refractivity contribution in [3.63, 3.8) is 0 Å². The maximum Gasteiger partial charge on any atom is 0.256 e. The normalized spacial score (nSPS) is 15.6. The fraction of sp³-hybridized carbons (Fsp3) is 0.259. The maximum absolute atomic E-state index is 13.5. The largest absolute Gasteiger partial charge is 0.439 e. The van der Waals surface area contributed by atoms with Gasteiger partial charge in [-0.1, -0.05) is 17.7 Å². The average molecular weight is 467 g/mol.